The van der Waals surface area contributed by atoms with Crippen molar-refractivity contribution in [3.05, 3.63) is 52.8 Å². The van der Waals surface area contributed by atoms with Crippen molar-refractivity contribution in [2.45, 2.75) is 39.0 Å². The number of ketones is 1. The van der Waals surface area contributed by atoms with E-state index in [2.05, 4.69) is 14.9 Å². The summed E-state index contributed by atoms with van der Waals surface area (Å²) in [4.78, 5) is 24.1. The van der Waals surface area contributed by atoms with Gasteiger partial charge in [0.05, 0.1) is 19.3 Å². The molecule has 2 heterocycles. The van der Waals surface area contributed by atoms with Gasteiger partial charge in [0.2, 0.25) is 5.89 Å². The Morgan fingerprint density at radius 2 is 1.93 bits per heavy atom. The summed E-state index contributed by atoms with van der Waals surface area (Å²) >= 11 is 1.22. The van der Waals surface area contributed by atoms with E-state index < -0.39 is 0 Å². The molecule has 152 valence electrons. The molecular weight excluding hydrogens is 390 g/mol. The number of aromatic nitrogens is 3. The van der Waals surface area contributed by atoms with Gasteiger partial charge in [-0.25, -0.2) is 0 Å². The third-order valence-corrected chi connectivity index (χ3v) is 5.57. The molecule has 0 amide bonds. The highest BCUT2D eigenvalue weighted by molar-refractivity contribution is 7.99. The number of esters is 1. The number of thioether (sulfide) groups is 1. The first-order valence-electron chi connectivity index (χ1n) is 9.19. The van der Waals surface area contributed by atoms with Gasteiger partial charge >= 0.3 is 5.97 Å². The van der Waals surface area contributed by atoms with E-state index in [1.807, 2.05) is 55.7 Å². The summed E-state index contributed by atoms with van der Waals surface area (Å²) in [6.45, 7) is 6.26. The summed E-state index contributed by atoms with van der Waals surface area (Å²) < 4.78 is 12.4. The van der Waals surface area contributed by atoms with E-state index in [0.29, 0.717) is 23.2 Å². The molecule has 0 saturated heterocycles. The number of rotatable bonds is 8. The molecule has 7 nitrogen and oxygen atoms in total. The third-order valence-electron chi connectivity index (χ3n) is 4.75. The van der Waals surface area contributed by atoms with Gasteiger partial charge in [-0.15, -0.1) is 10.2 Å². The maximum atomic E-state index is 12.7. The third kappa shape index (κ3) is 4.76. The second-order valence-electron chi connectivity index (χ2n) is 6.66. The van der Waals surface area contributed by atoms with Crippen LogP contribution in [-0.2, 0) is 16.1 Å². The number of nitrogens with zero attached hydrogens (tertiary/aromatic N) is 3. The molecule has 0 saturated carbocycles. The normalized spacial score (nSPS) is 10.9. The van der Waals surface area contributed by atoms with Crippen molar-refractivity contribution in [3.63, 3.8) is 0 Å². The molecule has 0 spiro atoms. The number of benzene rings is 1. The second kappa shape index (κ2) is 9.09. The molecule has 0 aliphatic carbocycles. The topological polar surface area (TPSA) is 87.2 Å². The lowest BCUT2D eigenvalue weighted by Gasteiger charge is -2.08. The molecular formula is C21H23N3O4S. The van der Waals surface area contributed by atoms with E-state index in [-0.39, 0.29) is 23.9 Å². The summed E-state index contributed by atoms with van der Waals surface area (Å²) in [7, 11) is 1.37. The Bertz CT molecular complexity index is 1040. The van der Waals surface area contributed by atoms with Gasteiger partial charge in [0.1, 0.15) is 0 Å². The standard InChI is InChI=1S/C21H23N3O4S/c1-13-7-5-6-8-16(13)20-22-23-21(28-20)29-12-18(25)17-11-14(2)24(15(17)3)10-9-19(26)27-4/h5-8,11H,9-10,12H2,1-4H3. The number of aryl methyl sites for hydroxylation is 2. The van der Waals surface area contributed by atoms with E-state index in [0.717, 1.165) is 22.5 Å². The highest BCUT2D eigenvalue weighted by atomic mass is 32.2. The number of ether oxygens (including phenoxy) is 1. The SMILES string of the molecule is COC(=O)CCn1c(C)cc(C(=O)CSc2nnc(-c3ccccc3C)o2)c1C. The molecule has 8 heteroatoms. The highest BCUT2D eigenvalue weighted by Crippen LogP contribution is 2.26. The Kier molecular flexibility index (Phi) is 6.53. The van der Waals surface area contributed by atoms with Crippen LogP contribution in [0.5, 0.6) is 0 Å². The average molecular weight is 413 g/mol. The Morgan fingerprint density at radius 3 is 2.66 bits per heavy atom. The molecule has 3 rings (SSSR count). The fourth-order valence-electron chi connectivity index (χ4n) is 3.13. The van der Waals surface area contributed by atoms with E-state index >= 15 is 0 Å². The van der Waals surface area contributed by atoms with E-state index in [9.17, 15) is 9.59 Å². The number of carbonyl (C=O) groups excluding carboxylic acids is 2. The molecule has 2 aromatic heterocycles. The number of methoxy groups -OCH3 is 1. The van der Waals surface area contributed by atoms with Crippen molar-refractivity contribution in [2.75, 3.05) is 12.9 Å². The Morgan fingerprint density at radius 1 is 1.17 bits per heavy atom. The van der Waals surface area contributed by atoms with Crippen LogP contribution in [-0.4, -0.2) is 39.4 Å². The van der Waals surface area contributed by atoms with Gasteiger partial charge in [0.15, 0.2) is 5.78 Å². The Labute approximate surface area is 173 Å². The van der Waals surface area contributed by atoms with Gasteiger partial charge in [-0.1, -0.05) is 30.0 Å². The smallest absolute Gasteiger partial charge is 0.307 e. The molecule has 0 N–H and O–H groups in total. The fraction of sp³-hybridized carbons (Fsp3) is 0.333. The monoisotopic (exact) mass is 413 g/mol. The summed E-state index contributed by atoms with van der Waals surface area (Å²) in [5, 5.41) is 8.48. The van der Waals surface area contributed by atoms with Crippen molar-refractivity contribution in [2.24, 2.45) is 0 Å². The zero-order valence-electron chi connectivity index (χ0n) is 16.9. The zero-order valence-corrected chi connectivity index (χ0v) is 17.7. The predicted molar refractivity (Wildman–Crippen MR) is 110 cm³/mol. The maximum absolute atomic E-state index is 12.7. The molecule has 0 unspecified atom stereocenters. The highest BCUT2D eigenvalue weighted by Gasteiger charge is 2.18. The van der Waals surface area contributed by atoms with Crippen LogP contribution in [0.15, 0.2) is 40.0 Å². The van der Waals surface area contributed by atoms with Crippen LogP contribution in [0.2, 0.25) is 0 Å². The summed E-state index contributed by atoms with van der Waals surface area (Å²) in [5.41, 5.74) is 4.33. The number of hydrogen-bond acceptors (Lipinski definition) is 7. The first-order chi connectivity index (χ1) is 13.9. The second-order valence-corrected chi connectivity index (χ2v) is 7.59. The van der Waals surface area contributed by atoms with Gasteiger partial charge in [0, 0.05) is 29.1 Å². The van der Waals surface area contributed by atoms with Crippen LogP contribution < -0.4 is 0 Å². The first kappa shape index (κ1) is 20.9. The van der Waals surface area contributed by atoms with Gasteiger partial charge in [0.25, 0.3) is 5.22 Å². The lowest BCUT2D eigenvalue weighted by Crippen LogP contribution is -2.10. The summed E-state index contributed by atoms with van der Waals surface area (Å²) in [6.07, 6.45) is 0.263. The zero-order chi connectivity index (χ0) is 21.0. The van der Waals surface area contributed by atoms with Gasteiger partial charge in [-0.3, -0.25) is 9.59 Å². The fourth-order valence-corrected chi connectivity index (χ4v) is 3.77. The largest absolute Gasteiger partial charge is 0.469 e. The summed E-state index contributed by atoms with van der Waals surface area (Å²) in [5.74, 6) is 0.334. The maximum Gasteiger partial charge on any atom is 0.307 e. The van der Waals surface area contributed by atoms with Crippen molar-refractivity contribution in [1.29, 1.82) is 0 Å². The molecule has 0 radical (unpaired) electrons. The van der Waals surface area contributed by atoms with Crippen LogP contribution in [0.4, 0.5) is 0 Å². The first-order valence-corrected chi connectivity index (χ1v) is 10.2. The van der Waals surface area contributed by atoms with Crippen LogP contribution in [0.3, 0.4) is 0 Å². The summed E-state index contributed by atoms with van der Waals surface area (Å²) in [6, 6.07) is 9.61. The van der Waals surface area contributed by atoms with Gasteiger partial charge in [-0.05, 0) is 38.5 Å². The van der Waals surface area contributed by atoms with Crippen LogP contribution in [0.1, 0.15) is 33.7 Å². The van der Waals surface area contributed by atoms with Crippen molar-refractivity contribution in [1.82, 2.24) is 14.8 Å². The Balaban J connectivity index is 1.66. The van der Waals surface area contributed by atoms with Gasteiger partial charge < -0.3 is 13.7 Å². The van der Waals surface area contributed by atoms with Crippen LogP contribution >= 0.6 is 11.8 Å². The van der Waals surface area contributed by atoms with Gasteiger partial charge in [-0.2, -0.15) is 0 Å². The number of Topliss-reactive ketones (excluding diaryl/α,β-unsaturated/α-hetero) is 1. The molecule has 1 aromatic carbocycles. The van der Waals surface area contributed by atoms with Crippen LogP contribution in [0, 0.1) is 20.8 Å². The van der Waals surface area contributed by atoms with Crippen molar-refractivity contribution >= 4 is 23.5 Å². The van der Waals surface area contributed by atoms with E-state index in [4.69, 9.17) is 4.42 Å². The van der Waals surface area contributed by atoms with Crippen LogP contribution in [0.25, 0.3) is 11.5 Å². The van der Waals surface area contributed by atoms with E-state index in [1.54, 1.807) is 0 Å². The quantitative estimate of drug-likeness (QED) is 0.313. The number of hydrogen-bond donors (Lipinski definition) is 0. The van der Waals surface area contributed by atoms with Crippen molar-refractivity contribution in [3.8, 4) is 11.5 Å². The average Bonchev–Trinajstić information content (AvgIpc) is 3.29. The minimum atomic E-state index is -0.276. The molecule has 29 heavy (non-hydrogen) atoms. The lowest BCUT2D eigenvalue weighted by molar-refractivity contribution is -0.140. The minimum Gasteiger partial charge on any atom is -0.469 e. The number of carbonyl (C=O) groups is 2. The molecule has 0 aliphatic heterocycles. The van der Waals surface area contributed by atoms with E-state index in [1.165, 1.54) is 18.9 Å². The Hall–Kier alpha value is -2.87. The molecule has 0 bridgehead atoms. The molecule has 0 aliphatic rings. The molecule has 0 atom stereocenters. The van der Waals surface area contributed by atoms with Crippen molar-refractivity contribution < 1.29 is 18.7 Å². The lowest BCUT2D eigenvalue weighted by atomic mass is 10.1. The predicted octanol–water partition coefficient (Wildman–Crippen LogP) is 4.00. The minimum absolute atomic E-state index is 0.0249. The molecule has 0 fully saturated rings. The molecule has 3 aromatic rings.